The molecule has 0 aromatic carbocycles. The van der Waals surface area contributed by atoms with E-state index in [-0.39, 0.29) is 0 Å². The van der Waals surface area contributed by atoms with Crippen LogP contribution in [0.25, 0.3) is 0 Å². The Morgan fingerprint density at radius 2 is 1.07 bits per heavy atom. The molecule has 2 heteroatoms. The Morgan fingerprint density at radius 3 is 1.33 bits per heavy atom. The van der Waals surface area contributed by atoms with Crippen LogP contribution in [0.5, 0.6) is 0 Å². The normalized spacial score (nSPS) is 28.4. The Bertz CT molecular complexity index is 176. The van der Waals surface area contributed by atoms with Crippen LogP contribution in [-0.4, -0.2) is 20.0 Å². The van der Waals surface area contributed by atoms with Crippen LogP contribution in [0.15, 0.2) is 0 Å². The summed E-state index contributed by atoms with van der Waals surface area (Å²) in [7, 11) is 0. The van der Waals surface area contributed by atoms with Gasteiger partial charge < -0.3 is 0 Å². The molecule has 2 atom stereocenters. The Labute approximate surface area is 104 Å². The molecule has 1 aliphatic carbocycles. The van der Waals surface area contributed by atoms with Gasteiger partial charge in [-0.1, -0.05) is 41.5 Å². The lowest BCUT2D eigenvalue weighted by Crippen LogP contribution is -2.16. The minimum atomic E-state index is 0.436. The largest absolute Gasteiger partial charge is 0.153 e. The predicted octanol–water partition coefficient (Wildman–Crippen LogP) is 4.97. The van der Waals surface area contributed by atoms with Crippen LogP contribution in [0.1, 0.15) is 60.8 Å². The third-order valence-electron chi connectivity index (χ3n) is 2.38. The van der Waals surface area contributed by atoms with Crippen molar-refractivity contribution in [3.8, 4) is 0 Å². The highest BCUT2D eigenvalue weighted by molar-refractivity contribution is 8.02. The van der Waals surface area contributed by atoms with Crippen molar-refractivity contribution in [1.82, 2.24) is 0 Å². The molecular weight excluding hydrogens is 220 g/mol. The third kappa shape index (κ3) is 6.11. The van der Waals surface area contributed by atoms with Gasteiger partial charge in [-0.05, 0) is 19.3 Å². The lowest BCUT2D eigenvalue weighted by atomic mass is 10.3. The van der Waals surface area contributed by atoms with Crippen LogP contribution >= 0.6 is 23.5 Å². The molecule has 0 saturated heterocycles. The van der Waals surface area contributed by atoms with Gasteiger partial charge in [0, 0.05) is 20.0 Å². The summed E-state index contributed by atoms with van der Waals surface area (Å²) in [6.45, 7) is 14.0. The minimum Gasteiger partial charge on any atom is -0.153 e. The first kappa shape index (κ1) is 13.8. The second-order valence-electron chi connectivity index (χ2n) is 6.52. The molecule has 15 heavy (non-hydrogen) atoms. The minimum absolute atomic E-state index is 0.436. The molecule has 90 valence electrons. The van der Waals surface area contributed by atoms with Crippen molar-refractivity contribution >= 4 is 23.5 Å². The van der Waals surface area contributed by atoms with Crippen molar-refractivity contribution in [3.05, 3.63) is 0 Å². The summed E-state index contributed by atoms with van der Waals surface area (Å²) in [4.78, 5) is 0. The standard InChI is InChI=1S/C13H26S2/c1-12(2,3)14-10-7-8-11(9-10)15-13(4,5)6/h10-11H,7-9H2,1-6H3/t10-,11?/m0/s1. The lowest BCUT2D eigenvalue weighted by molar-refractivity contribution is 0.776. The molecule has 0 heterocycles. The van der Waals surface area contributed by atoms with Crippen molar-refractivity contribution in [2.75, 3.05) is 0 Å². The highest BCUT2D eigenvalue weighted by Gasteiger charge is 2.31. The molecule has 0 spiro atoms. The Hall–Kier alpha value is 0.700. The summed E-state index contributed by atoms with van der Waals surface area (Å²) in [6.07, 6.45) is 4.27. The van der Waals surface area contributed by atoms with E-state index in [0.717, 1.165) is 10.5 Å². The monoisotopic (exact) mass is 246 g/mol. The maximum atomic E-state index is 2.34. The summed E-state index contributed by atoms with van der Waals surface area (Å²) in [6, 6.07) is 0. The van der Waals surface area contributed by atoms with Crippen molar-refractivity contribution in [2.24, 2.45) is 0 Å². The zero-order chi connectivity index (χ0) is 11.7. The Balaban J connectivity index is 2.33. The van der Waals surface area contributed by atoms with E-state index in [1.807, 2.05) is 0 Å². The molecule has 0 aromatic heterocycles. The molecule has 0 amide bonds. The van der Waals surface area contributed by atoms with Crippen LogP contribution in [0, 0.1) is 0 Å². The summed E-state index contributed by atoms with van der Waals surface area (Å²) in [5.41, 5.74) is 0. The van der Waals surface area contributed by atoms with Crippen molar-refractivity contribution in [3.63, 3.8) is 0 Å². The average Bonchev–Trinajstić information content (AvgIpc) is 2.28. The van der Waals surface area contributed by atoms with Gasteiger partial charge in [0.15, 0.2) is 0 Å². The molecule has 0 aliphatic heterocycles. The van der Waals surface area contributed by atoms with Crippen LogP contribution in [0.4, 0.5) is 0 Å². The van der Waals surface area contributed by atoms with Gasteiger partial charge in [-0.2, -0.15) is 23.5 Å². The van der Waals surface area contributed by atoms with Crippen LogP contribution in [0.3, 0.4) is 0 Å². The van der Waals surface area contributed by atoms with Gasteiger partial charge in [-0.3, -0.25) is 0 Å². The zero-order valence-electron chi connectivity index (χ0n) is 11.1. The first-order valence-electron chi connectivity index (χ1n) is 6.01. The van der Waals surface area contributed by atoms with Gasteiger partial charge in [0.25, 0.3) is 0 Å². The quantitative estimate of drug-likeness (QED) is 0.674. The molecule has 0 N–H and O–H groups in total. The van der Waals surface area contributed by atoms with Gasteiger partial charge in [-0.15, -0.1) is 0 Å². The van der Waals surface area contributed by atoms with E-state index in [0.29, 0.717) is 9.49 Å². The fourth-order valence-electron chi connectivity index (χ4n) is 2.11. The summed E-state index contributed by atoms with van der Waals surface area (Å²) >= 11 is 4.36. The molecule has 0 radical (unpaired) electrons. The molecule has 0 aromatic rings. The highest BCUT2D eigenvalue weighted by atomic mass is 32.2. The molecule has 1 rings (SSSR count). The van der Waals surface area contributed by atoms with Crippen LogP contribution in [0.2, 0.25) is 0 Å². The van der Waals surface area contributed by atoms with E-state index in [4.69, 9.17) is 0 Å². The molecule has 0 nitrogen and oxygen atoms in total. The number of hydrogen-bond acceptors (Lipinski definition) is 2. The maximum absolute atomic E-state index is 2.34. The lowest BCUT2D eigenvalue weighted by Gasteiger charge is -2.24. The zero-order valence-corrected chi connectivity index (χ0v) is 12.7. The highest BCUT2D eigenvalue weighted by Crippen LogP contribution is 2.44. The second kappa shape index (κ2) is 4.91. The fourth-order valence-corrected chi connectivity index (χ4v) is 5.40. The molecule has 1 aliphatic rings. The van der Waals surface area contributed by atoms with Gasteiger partial charge in [-0.25, -0.2) is 0 Å². The number of thioether (sulfide) groups is 2. The number of rotatable bonds is 2. The van der Waals surface area contributed by atoms with E-state index in [1.54, 1.807) is 0 Å². The summed E-state index contributed by atoms with van der Waals surface area (Å²) < 4.78 is 0.873. The molecule has 1 unspecified atom stereocenters. The molecule has 1 saturated carbocycles. The van der Waals surface area contributed by atoms with E-state index < -0.39 is 0 Å². The molecule has 0 bridgehead atoms. The van der Waals surface area contributed by atoms with E-state index in [2.05, 4.69) is 65.1 Å². The van der Waals surface area contributed by atoms with E-state index in [9.17, 15) is 0 Å². The Kier molecular flexibility index (Phi) is 4.51. The SMILES string of the molecule is CC(C)(C)SC1CC[C@H](SC(C)(C)C)C1. The van der Waals surface area contributed by atoms with Gasteiger partial charge in [0.05, 0.1) is 0 Å². The number of hydrogen-bond donors (Lipinski definition) is 0. The first-order chi connectivity index (χ1) is 6.66. The van der Waals surface area contributed by atoms with Gasteiger partial charge in [0.1, 0.15) is 0 Å². The average molecular weight is 246 g/mol. The van der Waals surface area contributed by atoms with Gasteiger partial charge in [0.2, 0.25) is 0 Å². The van der Waals surface area contributed by atoms with E-state index in [1.165, 1.54) is 19.3 Å². The summed E-state index contributed by atoms with van der Waals surface area (Å²) in [5, 5.41) is 1.81. The first-order valence-corrected chi connectivity index (χ1v) is 7.77. The third-order valence-corrected chi connectivity index (χ3v) is 5.31. The van der Waals surface area contributed by atoms with E-state index >= 15 is 0 Å². The predicted molar refractivity (Wildman–Crippen MR) is 76.1 cm³/mol. The smallest absolute Gasteiger partial charge is 0.00778 e. The fraction of sp³-hybridized carbons (Fsp3) is 1.00. The topological polar surface area (TPSA) is 0 Å². The summed E-state index contributed by atoms with van der Waals surface area (Å²) in [5.74, 6) is 0. The van der Waals surface area contributed by atoms with Gasteiger partial charge >= 0.3 is 0 Å². The van der Waals surface area contributed by atoms with Crippen molar-refractivity contribution < 1.29 is 0 Å². The van der Waals surface area contributed by atoms with Crippen molar-refractivity contribution in [2.45, 2.75) is 80.8 Å². The van der Waals surface area contributed by atoms with Crippen LogP contribution < -0.4 is 0 Å². The van der Waals surface area contributed by atoms with Crippen molar-refractivity contribution in [1.29, 1.82) is 0 Å². The van der Waals surface area contributed by atoms with Crippen LogP contribution in [-0.2, 0) is 0 Å². The second-order valence-corrected chi connectivity index (χ2v) is 10.8. The Morgan fingerprint density at radius 1 is 0.733 bits per heavy atom. The molecular formula is C13H26S2. The molecule has 1 fully saturated rings. The maximum Gasteiger partial charge on any atom is 0.00778 e.